The molecular formula is C10H13ClFN3. The predicted octanol–water partition coefficient (Wildman–Crippen LogP) is 3.01. The summed E-state index contributed by atoms with van der Waals surface area (Å²) in [6, 6.07) is 0. The molecule has 5 heteroatoms. The fraction of sp³-hybridized carbons (Fsp3) is 0.600. The molecule has 15 heavy (non-hydrogen) atoms. The second kappa shape index (κ2) is 3.93. The molecule has 1 fully saturated rings. The van der Waals surface area contributed by atoms with Crippen LogP contribution in [-0.2, 0) is 0 Å². The monoisotopic (exact) mass is 229 g/mol. The maximum absolute atomic E-state index is 12.8. The summed E-state index contributed by atoms with van der Waals surface area (Å²) >= 11 is 5.89. The Balaban J connectivity index is 2.19. The Bertz CT molecular complexity index is 360. The van der Waals surface area contributed by atoms with Crippen LogP contribution < -0.4 is 5.32 Å². The van der Waals surface area contributed by atoms with Gasteiger partial charge in [0, 0.05) is 5.54 Å². The maximum Gasteiger partial charge on any atom is 0.310 e. The highest BCUT2D eigenvalue weighted by atomic mass is 35.5. The lowest BCUT2D eigenvalue weighted by atomic mass is 9.75. The van der Waals surface area contributed by atoms with E-state index in [1.165, 1.54) is 12.6 Å². The standard InChI is InChI=1S/C10H13ClFN3/c1-2-10(4-3-5-10)15-8-7(11)6-13-9(12)14-8/h6H,2-5H2,1H3,(H,13,14,15). The molecule has 0 radical (unpaired) electrons. The Labute approximate surface area is 93.1 Å². The third kappa shape index (κ3) is 2.04. The number of nitrogens with one attached hydrogen (secondary N) is 1. The molecule has 0 aromatic carbocycles. The molecule has 1 aromatic heterocycles. The van der Waals surface area contributed by atoms with E-state index in [1.54, 1.807) is 0 Å². The molecule has 3 nitrogen and oxygen atoms in total. The number of halogens is 2. The minimum absolute atomic E-state index is 0.0600. The second-order valence-electron chi connectivity index (χ2n) is 3.95. The summed E-state index contributed by atoms with van der Waals surface area (Å²) in [5.41, 5.74) is 0.0600. The van der Waals surface area contributed by atoms with E-state index in [4.69, 9.17) is 11.6 Å². The van der Waals surface area contributed by atoms with Crippen molar-refractivity contribution in [1.29, 1.82) is 0 Å². The average Bonchev–Trinajstić information content (AvgIpc) is 2.17. The lowest BCUT2D eigenvalue weighted by molar-refractivity contribution is 0.268. The minimum atomic E-state index is -0.743. The molecule has 0 spiro atoms. The molecule has 82 valence electrons. The Morgan fingerprint density at radius 2 is 2.33 bits per heavy atom. The summed E-state index contributed by atoms with van der Waals surface area (Å²) in [6.45, 7) is 2.11. The van der Waals surface area contributed by atoms with Gasteiger partial charge in [-0.25, -0.2) is 4.98 Å². The van der Waals surface area contributed by atoms with Gasteiger partial charge in [0.15, 0.2) is 5.82 Å². The van der Waals surface area contributed by atoms with Gasteiger partial charge in [-0.1, -0.05) is 18.5 Å². The molecule has 0 atom stereocenters. The molecule has 0 saturated heterocycles. The lowest BCUT2D eigenvalue weighted by Crippen LogP contribution is -2.44. The first kappa shape index (κ1) is 10.6. The van der Waals surface area contributed by atoms with Crippen LogP contribution in [0.15, 0.2) is 6.20 Å². The molecule has 1 saturated carbocycles. The Morgan fingerprint density at radius 1 is 1.60 bits per heavy atom. The Hall–Kier alpha value is -0.900. The number of aromatic nitrogens is 2. The zero-order chi connectivity index (χ0) is 10.9. The highest BCUT2D eigenvalue weighted by Crippen LogP contribution is 2.38. The van der Waals surface area contributed by atoms with Gasteiger partial charge >= 0.3 is 6.08 Å². The molecule has 0 amide bonds. The topological polar surface area (TPSA) is 37.8 Å². The maximum atomic E-state index is 12.8. The van der Waals surface area contributed by atoms with Gasteiger partial charge in [-0.05, 0) is 25.7 Å². The van der Waals surface area contributed by atoms with Crippen LogP contribution in [-0.4, -0.2) is 15.5 Å². The smallest absolute Gasteiger partial charge is 0.310 e. The van der Waals surface area contributed by atoms with E-state index in [9.17, 15) is 4.39 Å². The zero-order valence-corrected chi connectivity index (χ0v) is 9.31. The van der Waals surface area contributed by atoms with E-state index in [1.807, 2.05) is 0 Å². The zero-order valence-electron chi connectivity index (χ0n) is 8.56. The van der Waals surface area contributed by atoms with E-state index < -0.39 is 6.08 Å². The minimum Gasteiger partial charge on any atom is -0.363 e. The van der Waals surface area contributed by atoms with Gasteiger partial charge < -0.3 is 5.32 Å². The Morgan fingerprint density at radius 3 is 2.87 bits per heavy atom. The van der Waals surface area contributed by atoms with Gasteiger partial charge in [0.25, 0.3) is 0 Å². The van der Waals surface area contributed by atoms with E-state index >= 15 is 0 Å². The van der Waals surface area contributed by atoms with Crippen LogP contribution in [0.4, 0.5) is 10.2 Å². The van der Waals surface area contributed by atoms with Gasteiger partial charge in [-0.2, -0.15) is 9.37 Å². The average molecular weight is 230 g/mol. The molecule has 0 unspecified atom stereocenters. The van der Waals surface area contributed by atoms with Crippen molar-refractivity contribution in [3.05, 3.63) is 17.3 Å². The molecule has 0 aliphatic heterocycles. The number of rotatable bonds is 3. The van der Waals surface area contributed by atoms with Gasteiger partial charge in [0.2, 0.25) is 0 Å². The molecule has 0 bridgehead atoms. The van der Waals surface area contributed by atoms with Crippen LogP contribution >= 0.6 is 11.6 Å². The quantitative estimate of drug-likeness (QED) is 0.810. The van der Waals surface area contributed by atoms with E-state index in [0.29, 0.717) is 10.8 Å². The molecule has 1 heterocycles. The third-order valence-electron chi connectivity index (χ3n) is 3.09. The summed E-state index contributed by atoms with van der Waals surface area (Å²) < 4.78 is 12.8. The van der Waals surface area contributed by atoms with Crippen molar-refractivity contribution in [2.45, 2.75) is 38.1 Å². The largest absolute Gasteiger partial charge is 0.363 e. The van der Waals surface area contributed by atoms with E-state index in [0.717, 1.165) is 19.3 Å². The molecule has 1 aliphatic rings. The van der Waals surface area contributed by atoms with Crippen LogP contribution in [0.3, 0.4) is 0 Å². The second-order valence-corrected chi connectivity index (χ2v) is 4.36. The fourth-order valence-corrected chi connectivity index (χ4v) is 1.99. The third-order valence-corrected chi connectivity index (χ3v) is 3.36. The first-order chi connectivity index (χ1) is 7.15. The van der Waals surface area contributed by atoms with Crippen LogP contribution in [0.25, 0.3) is 0 Å². The van der Waals surface area contributed by atoms with E-state index in [2.05, 4.69) is 22.2 Å². The van der Waals surface area contributed by atoms with Crippen LogP contribution in [0.1, 0.15) is 32.6 Å². The highest BCUT2D eigenvalue weighted by Gasteiger charge is 2.35. The molecule has 1 aromatic rings. The molecule has 1 aliphatic carbocycles. The first-order valence-electron chi connectivity index (χ1n) is 5.11. The molecule has 1 N–H and O–H groups in total. The van der Waals surface area contributed by atoms with Crippen molar-refractivity contribution in [3.8, 4) is 0 Å². The van der Waals surface area contributed by atoms with Crippen LogP contribution in [0.2, 0.25) is 5.02 Å². The highest BCUT2D eigenvalue weighted by molar-refractivity contribution is 6.32. The molecular weight excluding hydrogens is 217 g/mol. The summed E-state index contributed by atoms with van der Waals surface area (Å²) in [6.07, 6.45) is 4.92. The summed E-state index contributed by atoms with van der Waals surface area (Å²) in [5.74, 6) is 0.408. The lowest BCUT2D eigenvalue weighted by Gasteiger charge is -2.42. The van der Waals surface area contributed by atoms with Gasteiger partial charge in [0.05, 0.1) is 6.20 Å². The number of anilines is 1. The summed E-state index contributed by atoms with van der Waals surface area (Å²) in [7, 11) is 0. The van der Waals surface area contributed by atoms with Crippen LogP contribution in [0, 0.1) is 6.08 Å². The van der Waals surface area contributed by atoms with Gasteiger partial charge in [0.1, 0.15) is 5.02 Å². The van der Waals surface area contributed by atoms with Gasteiger partial charge in [-0.15, -0.1) is 0 Å². The van der Waals surface area contributed by atoms with Crippen molar-refractivity contribution < 1.29 is 4.39 Å². The Kier molecular flexibility index (Phi) is 2.78. The summed E-state index contributed by atoms with van der Waals surface area (Å²) in [4.78, 5) is 7.06. The first-order valence-corrected chi connectivity index (χ1v) is 5.49. The number of nitrogens with zero attached hydrogens (tertiary/aromatic N) is 2. The fourth-order valence-electron chi connectivity index (χ4n) is 1.85. The van der Waals surface area contributed by atoms with Crippen molar-refractivity contribution >= 4 is 17.4 Å². The van der Waals surface area contributed by atoms with E-state index in [-0.39, 0.29) is 5.54 Å². The van der Waals surface area contributed by atoms with Crippen molar-refractivity contribution in [2.75, 3.05) is 5.32 Å². The predicted molar refractivity (Wildman–Crippen MR) is 57.5 cm³/mol. The van der Waals surface area contributed by atoms with Crippen molar-refractivity contribution in [3.63, 3.8) is 0 Å². The van der Waals surface area contributed by atoms with Gasteiger partial charge in [-0.3, -0.25) is 0 Å². The van der Waals surface area contributed by atoms with Crippen molar-refractivity contribution in [2.24, 2.45) is 0 Å². The number of hydrogen-bond donors (Lipinski definition) is 1. The van der Waals surface area contributed by atoms with Crippen LogP contribution in [0.5, 0.6) is 0 Å². The summed E-state index contributed by atoms with van der Waals surface area (Å²) in [5, 5.41) is 3.60. The number of hydrogen-bond acceptors (Lipinski definition) is 3. The SMILES string of the molecule is CCC1(Nc2nc(F)ncc2Cl)CCC1. The molecule has 2 rings (SSSR count). The van der Waals surface area contributed by atoms with Crippen molar-refractivity contribution in [1.82, 2.24) is 9.97 Å². The normalized spacial score (nSPS) is 18.3.